The van der Waals surface area contributed by atoms with Crippen LogP contribution in [-0.4, -0.2) is 18.1 Å². The molecule has 19 heavy (non-hydrogen) atoms. The smallest absolute Gasteiger partial charge is 0.0412 e. The van der Waals surface area contributed by atoms with Gasteiger partial charge in [0.1, 0.15) is 0 Å². The SMILES string of the molecule is CNC(CSC1CCCCC1)c1ccc(C)cc1C. The van der Waals surface area contributed by atoms with E-state index in [1.165, 1.54) is 54.5 Å². The molecule has 1 aromatic rings. The van der Waals surface area contributed by atoms with Gasteiger partial charge in [0.15, 0.2) is 0 Å². The molecule has 0 bridgehead atoms. The molecule has 1 aliphatic carbocycles. The predicted molar refractivity (Wildman–Crippen MR) is 87.0 cm³/mol. The van der Waals surface area contributed by atoms with Gasteiger partial charge in [-0.05, 0) is 44.9 Å². The van der Waals surface area contributed by atoms with Crippen molar-refractivity contribution >= 4 is 11.8 Å². The maximum atomic E-state index is 3.50. The summed E-state index contributed by atoms with van der Waals surface area (Å²) in [5, 5.41) is 4.40. The Morgan fingerprint density at radius 3 is 2.58 bits per heavy atom. The fourth-order valence-electron chi connectivity index (χ4n) is 3.01. The molecule has 106 valence electrons. The highest BCUT2D eigenvalue weighted by atomic mass is 32.2. The van der Waals surface area contributed by atoms with Crippen molar-refractivity contribution in [2.24, 2.45) is 0 Å². The Bertz CT molecular complexity index is 396. The van der Waals surface area contributed by atoms with Gasteiger partial charge in [0.05, 0.1) is 0 Å². The molecule has 1 fully saturated rings. The van der Waals surface area contributed by atoms with E-state index in [4.69, 9.17) is 0 Å². The van der Waals surface area contributed by atoms with E-state index < -0.39 is 0 Å². The second-order valence-electron chi connectivity index (χ2n) is 5.79. The van der Waals surface area contributed by atoms with Gasteiger partial charge in [-0.25, -0.2) is 0 Å². The van der Waals surface area contributed by atoms with Gasteiger partial charge in [-0.3, -0.25) is 0 Å². The quantitative estimate of drug-likeness (QED) is 0.842. The number of nitrogens with one attached hydrogen (secondary N) is 1. The number of hydrogen-bond acceptors (Lipinski definition) is 2. The van der Waals surface area contributed by atoms with Gasteiger partial charge in [-0.15, -0.1) is 0 Å². The Morgan fingerprint density at radius 2 is 1.95 bits per heavy atom. The molecule has 2 heteroatoms. The van der Waals surface area contributed by atoms with Gasteiger partial charge < -0.3 is 5.32 Å². The first kappa shape index (κ1) is 14.9. The van der Waals surface area contributed by atoms with Crippen molar-refractivity contribution in [1.82, 2.24) is 5.32 Å². The van der Waals surface area contributed by atoms with Crippen LogP contribution in [0.1, 0.15) is 54.8 Å². The van der Waals surface area contributed by atoms with Gasteiger partial charge >= 0.3 is 0 Å². The lowest BCUT2D eigenvalue weighted by Crippen LogP contribution is -2.21. The van der Waals surface area contributed by atoms with Crippen LogP contribution in [-0.2, 0) is 0 Å². The molecule has 0 aliphatic heterocycles. The third-order valence-electron chi connectivity index (χ3n) is 4.20. The zero-order chi connectivity index (χ0) is 13.7. The van der Waals surface area contributed by atoms with Crippen LogP contribution >= 0.6 is 11.8 Å². The normalized spacial score (nSPS) is 18.5. The average molecular weight is 277 g/mol. The van der Waals surface area contributed by atoms with Crippen LogP contribution < -0.4 is 5.32 Å². The van der Waals surface area contributed by atoms with Crippen molar-refractivity contribution < 1.29 is 0 Å². The van der Waals surface area contributed by atoms with Crippen LogP contribution in [0, 0.1) is 13.8 Å². The van der Waals surface area contributed by atoms with Gasteiger partial charge in [-0.1, -0.05) is 43.0 Å². The maximum absolute atomic E-state index is 3.50. The van der Waals surface area contributed by atoms with Gasteiger partial charge in [-0.2, -0.15) is 11.8 Å². The van der Waals surface area contributed by atoms with Crippen LogP contribution in [0.3, 0.4) is 0 Å². The summed E-state index contributed by atoms with van der Waals surface area (Å²) >= 11 is 2.18. The van der Waals surface area contributed by atoms with Crippen molar-refractivity contribution in [3.05, 3.63) is 34.9 Å². The summed E-state index contributed by atoms with van der Waals surface area (Å²) in [4.78, 5) is 0. The first-order valence-electron chi connectivity index (χ1n) is 7.56. The fraction of sp³-hybridized carbons (Fsp3) is 0.647. The number of aryl methyl sites for hydroxylation is 2. The van der Waals surface area contributed by atoms with Gasteiger partial charge in [0.2, 0.25) is 0 Å². The number of benzene rings is 1. The molecule has 1 atom stereocenters. The summed E-state index contributed by atoms with van der Waals surface area (Å²) in [6, 6.07) is 7.32. The molecule has 1 N–H and O–H groups in total. The topological polar surface area (TPSA) is 12.0 Å². The van der Waals surface area contributed by atoms with Crippen LogP contribution in [0.4, 0.5) is 0 Å². The lowest BCUT2D eigenvalue weighted by Gasteiger charge is -2.25. The Labute approximate surface area is 122 Å². The van der Waals surface area contributed by atoms with Crippen LogP contribution in [0.25, 0.3) is 0 Å². The van der Waals surface area contributed by atoms with E-state index in [1.54, 1.807) is 0 Å². The molecule has 0 aromatic heterocycles. The fourth-order valence-corrected chi connectivity index (χ4v) is 4.49. The van der Waals surface area contributed by atoms with E-state index in [0.29, 0.717) is 6.04 Å². The second kappa shape index (κ2) is 7.35. The lowest BCUT2D eigenvalue weighted by atomic mass is 10.00. The minimum atomic E-state index is 0.493. The van der Waals surface area contributed by atoms with Crippen LogP contribution in [0.15, 0.2) is 18.2 Å². The zero-order valence-corrected chi connectivity index (χ0v) is 13.4. The highest BCUT2D eigenvalue weighted by Gasteiger charge is 2.17. The number of thioether (sulfide) groups is 1. The molecular formula is C17H27NS. The Hall–Kier alpha value is -0.470. The summed E-state index contributed by atoms with van der Waals surface area (Å²) in [5.74, 6) is 1.20. The predicted octanol–water partition coefficient (Wildman–Crippen LogP) is 4.63. The molecule has 1 unspecified atom stereocenters. The van der Waals surface area contributed by atoms with Gasteiger partial charge in [0.25, 0.3) is 0 Å². The molecule has 0 spiro atoms. The van der Waals surface area contributed by atoms with Crippen molar-refractivity contribution in [3.63, 3.8) is 0 Å². The lowest BCUT2D eigenvalue weighted by molar-refractivity contribution is 0.514. The number of hydrogen-bond donors (Lipinski definition) is 1. The van der Waals surface area contributed by atoms with E-state index >= 15 is 0 Å². The molecular weight excluding hydrogens is 250 g/mol. The molecule has 1 aromatic carbocycles. The van der Waals surface area contributed by atoms with Gasteiger partial charge in [0, 0.05) is 17.0 Å². The minimum Gasteiger partial charge on any atom is -0.312 e. The standard InChI is InChI=1S/C17H27NS/c1-13-9-10-16(14(2)11-13)17(18-3)12-19-15-7-5-4-6-8-15/h9-11,15,17-18H,4-8,12H2,1-3H3. The highest BCUT2D eigenvalue weighted by Crippen LogP contribution is 2.31. The molecule has 1 nitrogen and oxygen atoms in total. The highest BCUT2D eigenvalue weighted by molar-refractivity contribution is 7.99. The Kier molecular flexibility index (Phi) is 5.77. The zero-order valence-electron chi connectivity index (χ0n) is 12.5. The van der Waals surface area contributed by atoms with E-state index in [0.717, 1.165) is 5.25 Å². The van der Waals surface area contributed by atoms with E-state index in [2.05, 4.69) is 56.2 Å². The summed E-state index contributed by atoms with van der Waals surface area (Å²) in [6.45, 7) is 4.40. The minimum absolute atomic E-state index is 0.493. The molecule has 0 saturated heterocycles. The summed E-state index contributed by atoms with van der Waals surface area (Å²) in [6.07, 6.45) is 7.17. The van der Waals surface area contributed by atoms with E-state index in [9.17, 15) is 0 Å². The van der Waals surface area contributed by atoms with Crippen molar-refractivity contribution in [2.45, 2.75) is 57.2 Å². The monoisotopic (exact) mass is 277 g/mol. The summed E-state index contributed by atoms with van der Waals surface area (Å²) in [5.41, 5.74) is 4.25. The first-order chi connectivity index (χ1) is 9.20. The van der Waals surface area contributed by atoms with E-state index in [1.807, 2.05) is 0 Å². The third-order valence-corrected chi connectivity index (χ3v) is 5.67. The maximum Gasteiger partial charge on any atom is 0.0412 e. The summed E-state index contributed by atoms with van der Waals surface area (Å²) in [7, 11) is 2.09. The largest absolute Gasteiger partial charge is 0.312 e. The van der Waals surface area contributed by atoms with Crippen molar-refractivity contribution in [3.8, 4) is 0 Å². The van der Waals surface area contributed by atoms with Crippen molar-refractivity contribution in [2.75, 3.05) is 12.8 Å². The molecule has 0 radical (unpaired) electrons. The summed E-state index contributed by atoms with van der Waals surface area (Å²) < 4.78 is 0. The van der Waals surface area contributed by atoms with Crippen LogP contribution in [0.2, 0.25) is 0 Å². The Balaban J connectivity index is 1.95. The second-order valence-corrected chi connectivity index (χ2v) is 7.13. The molecule has 2 rings (SSSR count). The Morgan fingerprint density at radius 1 is 1.21 bits per heavy atom. The molecule has 1 aliphatic rings. The molecule has 0 amide bonds. The van der Waals surface area contributed by atoms with E-state index in [-0.39, 0.29) is 0 Å². The third kappa shape index (κ3) is 4.25. The molecule has 0 heterocycles. The van der Waals surface area contributed by atoms with Crippen molar-refractivity contribution in [1.29, 1.82) is 0 Å². The molecule has 1 saturated carbocycles. The first-order valence-corrected chi connectivity index (χ1v) is 8.61. The average Bonchev–Trinajstić information content (AvgIpc) is 2.42. The van der Waals surface area contributed by atoms with Crippen LogP contribution in [0.5, 0.6) is 0 Å². The number of rotatable bonds is 5.